The molecule has 0 fully saturated rings. The van der Waals surface area contributed by atoms with E-state index >= 15 is 0 Å². The van der Waals surface area contributed by atoms with E-state index in [2.05, 4.69) is 10.9 Å². The standard InChI is InChI=1S/C21H23FN2O5/c1-13(2)29-18-9-7-15(12-19(18)28-4)21(26)24-23-20(25)10-6-14-5-8-17(27-3)16(22)11-14/h5-13H,1-4H3,(H,23,25)(H,24,26)/b10-6+. The number of carbonyl (C=O) groups is 2. The molecule has 29 heavy (non-hydrogen) atoms. The predicted octanol–water partition coefficient (Wildman–Crippen LogP) is 3.10. The number of methoxy groups -OCH3 is 2. The number of benzene rings is 2. The first-order valence-electron chi connectivity index (χ1n) is 8.80. The molecule has 2 N–H and O–H groups in total. The summed E-state index contributed by atoms with van der Waals surface area (Å²) in [5.41, 5.74) is 5.30. The molecule has 0 spiro atoms. The van der Waals surface area contributed by atoms with Crippen molar-refractivity contribution in [2.24, 2.45) is 0 Å². The zero-order chi connectivity index (χ0) is 21.4. The third kappa shape index (κ3) is 6.24. The molecular formula is C21H23FN2O5. The van der Waals surface area contributed by atoms with Gasteiger partial charge in [-0.3, -0.25) is 20.4 Å². The molecule has 0 atom stereocenters. The van der Waals surface area contributed by atoms with Gasteiger partial charge < -0.3 is 14.2 Å². The second-order valence-corrected chi connectivity index (χ2v) is 6.20. The summed E-state index contributed by atoms with van der Waals surface area (Å²) in [6.45, 7) is 3.76. The minimum atomic E-state index is -0.582. The van der Waals surface area contributed by atoms with Gasteiger partial charge in [-0.1, -0.05) is 6.07 Å². The number of hydrazine groups is 1. The summed E-state index contributed by atoms with van der Waals surface area (Å²) in [5.74, 6) is -0.629. The Morgan fingerprint density at radius 2 is 1.66 bits per heavy atom. The van der Waals surface area contributed by atoms with Gasteiger partial charge in [0.2, 0.25) is 0 Å². The second kappa shape index (κ2) is 10.1. The van der Waals surface area contributed by atoms with Crippen LogP contribution in [0.5, 0.6) is 17.2 Å². The maximum absolute atomic E-state index is 13.6. The fourth-order valence-electron chi connectivity index (χ4n) is 2.35. The number of carbonyl (C=O) groups excluding carboxylic acids is 2. The molecule has 154 valence electrons. The summed E-state index contributed by atoms with van der Waals surface area (Å²) >= 11 is 0. The molecule has 0 unspecified atom stereocenters. The quantitative estimate of drug-likeness (QED) is 0.549. The largest absolute Gasteiger partial charge is 0.494 e. The van der Waals surface area contributed by atoms with Crippen LogP contribution in [-0.2, 0) is 4.79 Å². The fraction of sp³-hybridized carbons (Fsp3) is 0.238. The number of hydrogen-bond acceptors (Lipinski definition) is 5. The van der Waals surface area contributed by atoms with Crippen molar-refractivity contribution in [1.29, 1.82) is 0 Å². The van der Waals surface area contributed by atoms with Gasteiger partial charge in [0.05, 0.1) is 20.3 Å². The van der Waals surface area contributed by atoms with E-state index in [4.69, 9.17) is 14.2 Å². The fourth-order valence-corrected chi connectivity index (χ4v) is 2.35. The molecule has 0 radical (unpaired) electrons. The van der Waals surface area contributed by atoms with Crippen LogP contribution in [-0.4, -0.2) is 32.1 Å². The average Bonchev–Trinajstić information content (AvgIpc) is 2.70. The summed E-state index contributed by atoms with van der Waals surface area (Å²) in [4.78, 5) is 24.1. The number of rotatable bonds is 7. The molecule has 7 nitrogen and oxygen atoms in total. The maximum Gasteiger partial charge on any atom is 0.269 e. The number of hydrogen-bond donors (Lipinski definition) is 2. The monoisotopic (exact) mass is 402 g/mol. The van der Waals surface area contributed by atoms with Crippen LogP contribution in [0.15, 0.2) is 42.5 Å². The number of nitrogens with one attached hydrogen (secondary N) is 2. The summed E-state index contributed by atoms with van der Waals surface area (Å²) < 4.78 is 29.3. The highest BCUT2D eigenvalue weighted by molar-refractivity contribution is 5.98. The minimum Gasteiger partial charge on any atom is -0.494 e. The molecule has 0 aliphatic heterocycles. The van der Waals surface area contributed by atoms with Gasteiger partial charge in [-0.05, 0) is 55.8 Å². The predicted molar refractivity (Wildman–Crippen MR) is 106 cm³/mol. The normalized spacial score (nSPS) is 10.7. The zero-order valence-electron chi connectivity index (χ0n) is 16.6. The molecule has 0 saturated carbocycles. The molecule has 0 heterocycles. The van der Waals surface area contributed by atoms with Crippen LogP contribution in [0, 0.1) is 5.82 Å². The molecular weight excluding hydrogens is 379 g/mol. The number of amides is 2. The lowest BCUT2D eigenvalue weighted by molar-refractivity contribution is -0.117. The summed E-state index contributed by atoms with van der Waals surface area (Å²) in [6, 6.07) is 8.96. The number of ether oxygens (including phenoxy) is 3. The van der Waals surface area contributed by atoms with Crippen LogP contribution in [0.25, 0.3) is 6.08 Å². The van der Waals surface area contributed by atoms with Gasteiger partial charge in [0, 0.05) is 11.6 Å². The van der Waals surface area contributed by atoms with E-state index < -0.39 is 17.6 Å². The summed E-state index contributed by atoms with van der Waals surface area (Å²) in [5, 5.41) is 0. The highest BCUT2D eigenvalue weighted by Gasteiger charge is 2.12. The lowest BCUT2D eigenvalue weighted by Crippen LogP contribution is -2.40. The summed E-state index contributed by atoms with van der Waals surface area (Å²) in [7, 11) is 2.84. The van der Waals surface area contributed by atoms with Crippen molar-refractivity contribution in [2.75, 3.05) is 14.2 Å². The van der Waals surface area contributed by atoms with E-state index in [1.807, 2.05) is 13.8 Å². The third-order valence-electron chi connectivity index (χ3n) is 3.69. The number of halogens is 1. The zero-order valence-corrected chi connectivity index (χ0v) is 16.6. The molecule has 0 aliphatic rings. The first-order chi connectivity index (χ1) is 13.8. The molecule has 0 aromatic heterocycles. The SMILES string of the molecule is COc1ccc(/C=C/C(=O)NNC(=O)c2ccc(OC(C)C)c(OC)c2)cc1F. The summed E-state index contributed by atoms with van der Waals surface area (Å²) in [6.07, 6.45) is 2.53. The Bertz CT molecular complexity index is 912. The Hall–Kier alpha value is -3.55. The van der Waals surface area contributed by atoms with Crippen molar-refractivity contribution in [2.45, 2.75) is 20.0 Å². The van der Waals surface area contributed by atoms with Crippen molar-refractivity contribution < 1.29 is 28.2 Å². The molecule has 0 saturated heterocycles. The van der Waals surface area contributed by atoms with Crippen LogP contribution in [0.3, 0.4) is 0 Å². The Morgan fingerprint density at radius 3 is 2.28 bits per heavy atom. The Kier molecular flexibility index (Phi) is 7.59. The topological polar surface area (TPSA) is 85.9 Å². The Morgan fingerprint density at radius 1 is 0.966 bits per heavy atom. The highest BCUT2D eigenvalue weighted by atomic mass is 19.1. The van der Waals surface area contributed by atoms with Gasteiger partial charge in [-0.15, -0.1) is 0 Å². The van der Waals surface area contributed by atoms with Crippen LogP contribution in [0.2, 0.25) is 0 Å². The van der Waals surface area contributed by atoms with Gasteiger partial charge >= 0.3 is 0 Å². The van der Waals surface area contributed by atoms with E-state index in [9.17, 15) is 14.0 Å². The third-order valence-corrected chi connectivity index (χ3v) is 3.69. The molecule has 2 amide bonds. The minimum absolute atomic E-state index is 0.0474. The van der Waals surface area contributed by atoms with Crippen molar-refractivity contribution in [3.63, 3.8) is 0 Å². The van der Waals surface area contributed by atoms with Crippen LogP contribution >= 0.6 is 0 Å². The van der Waals surface area contributed by atoms with Crippen LogP contribution in [0.1, 0.15) is 29.8 Å². The maximum atomic E-state index is 13.6. The molecule has 0 aliphatic carbocycles. The lowest BCUT2D eigenvalue weighted by Gasteiger charge is -2.14. The molecule has 2 rings (SSSR count). The Labute approximate surface area is 168 Å². The van der Waals surface area contributed by atoms with Gasteiger partial charge in [-0.2, -0.15) is 0 Å². The smallest absolute Gasteiger partial charge is 0.269 e. The average molecular weight is 402 g/mol. The molecule has 2 aromatic rings. The van der Waals surface area contributed by atoms with Crippen molar-refractivity contribution in [1.82, 2.24) is 10.9 Å². The first kappa shape index (κ1) is 21.7. The van der Waals surface area contributed by atoms with E-state index in [0.29, 0.717) is 17.1 Å². The van der Waals surface area contributed by atoms with Crippen molar-refractivity contribution in [3.8, 4) is 17.2 Å². The van der Waals surface area contributed by atoms with Gasteiger partial charge in [0.25, 0.3) is 11.8 Å². The van der Waals surface area contributed by atoms with Crippen molar-refractivity contribution in [3.05, 3.63) is 59.4 Å². The van der Waals surface area contributed by atoms with E-state index in [1.165, 1.54) is 44.6 Å². The van der Waals surface area contributed by atoms with Crippen LogP contribution in [0.4, 0.5) is 4.39 Å². The molecule has 8 heteroatoms. The molecule has 0 bridgehead atoms. The van der Waals surface area contributed by atoms with E-state index in [-0.39, 0.29) is 17.4 Å². The van der Waals surface area contributed by atoms with Gasteiger partial charge in [-0.25, -0.2) is 4.39 Å². The van der Waals surface area contributed by atoms with Crippen LogP contribution < -0.4 is 25.1 Å². The van der Waals surface area contributed by atoms with Crippen molar-refractivity contribution >= 4 is 17.9 Å². The van der Waals surface area contributed by atoms with E-state index in [1.54, 1.807) is 18.2 Å². The Balaban J connectivity index is 1.96. The van der Waals surface area contributed by atoms with Gasteiger partial charge in [0.1, 0.15) is 0 Å². The van der Waals surface area contributed by atoms with E-state index in [0.717, 1.165) is 0 Å². The lowest BCUT2D eigenvalue weighted by atomic mass is 10.2. The second-order valence-electron chi connectivity index (χ2n) is 6.20. The van der Waals surface area contributed by atoms with Gasteiger partial charge in [0.15, 0.2) is 23.1 Å². The highest BCUT2D eigenvalue weighted by Crippen LogP contribution is 2.28. The first-order valence-corrected chi connectivity index (χ1v) is 8.80. The molecule has 2 aromatic carbocycles.